The highest BCUT2D eigenvalue weighted by Gasteiger charge is 2.48. The van der Waals surface area contributed by atoms with Crippen LogP contribution >= 0.6 is 0 Å². The number of hydrogen-bond donors (Lipinski definition) is 0. The summed E-state index contributed by atoms with van der Waals surface area (Å²) in [6, 6.07) is 56.8. The van der Waals surface area contributed by atoms with Crippen molar-refractivity contribution in [3.8, 4) is 0 Å². The van der Waals surface area contributed by atoms with Gasteiger partial charge in [-0.15, -0.1) is 0 Å². The largest absolute Gasteiger partial charge is 0.454 e. The first-order valence-electron chi connectivity index (χ1n) is 29.4. The maximum absolute atomic E-state index is 7.32. The molecule has 0 saturated carbocycles. The molecule has 2 aliphatic carbocycles. The molecule has 8 aromatic carbocycles. The van der Waals surface area contributed by atoms with Crippen LogP contribution in [0.1, 0.15) is 167 Å². The Hall–Kier alpha value is -6.98. The molecule has 0 unspecified atom stereocenters. The van der Waals surface area contributed by atoms with Crippen LogP contribution in [-0.2, 0) is 32.5 Å². The van der Waals surface area contributed by atoms with Crippen LogP contribution in [0.2, 0.25) is 0 Å². The van der Waals surface area contributed by atoms with Gasteiger partial charge in [-0.05, 0) is 200 Å². The van der Waals surface area contributed by atoms with Crippen molar-refractivity contribution in [1.82, 2.24) is 0 Å². The molecule has 1 aromatic heterocycles. The fraction of sp³-hybridized carbons (Fsp3) is 0.351. The molecule has 0 atom stereocenters. The smallest absolute Gasteiger partial charge is 0.252 e. The zero-order valence-corrected chi connectivity index (χ0v) is 50.0. The molecule has 0 bridgehead atoms. The molecule has 0 radical (unpaired) electrons. The summed E-state index contributed by atoms with van der Waals surface area (Å²) in [6.45, 7) is 38.2. The molecule has 0 spiro atoms. The minimum Gasteiger partial charge on any atom is -0.454 e. The first-order valence-corrected chi connectivity index (χ1v) is 29.4. The third-order valence-corrected chi connectivity index (χ3v) is 19.5. The predicted molar refractivity (Wildman–Crippen MR) is 340 cm³/mol. The third-order valence-electron chi connectivity index (χ3n) is 19.5. The number of para-hydroxylation sites is 3. The Bertz CT molecular complexity index is 3950. The quantitative estimate of drug-likeness (QED) is 0.160. The fourth-order valence-electron chi connectivity index (χ4n) is 14.3. The van der Waals surface area contributed by atoms with Crippen LogP contribution in [0.3, 0.4) is 0 Å². The average molecular weight is 1040 g/mol. The highest BCUT2D eigenvalue weighted by molar-refractivity contribution is 7.00. The van der Waals surface area contributed by atoms with E-state index in [9.17, 15) is 0 Å². The zero-order chi connectivity index (χ0) is 55.7. The molecule has 2 aliphatic heterocycles. The molecule has 13 rings (SSSR count). The van der Waals surface area contributed by atoms with Gasteiger partial charge in [-0.2, -0.15) is 0 Å². The Morgan fingerprint density at radius 2 is 1.00 bits per heavy atom. The Morgan fingerprint density at radius 3 is 1.61 bits per heavy atom. The van der Waals surface area contributed by atoms with E-state index in [4.69, 9.17) is 4.42 Å². The molecular formula is C74H80BN3O. The monoisotopic (exact) mass is 1040 g/mol. The van der Waals surface area contributed by atoms with E-state index in [1.165, 1.54) is 90.1 Å². The lowest BCUT2D eigenvalue weighted by atomic mass is 9.33. The van der Waals surface area contributed by atoms with Gasteiger partial charge < -0.3 is 19.1 Å². The molecule has 4 nitrogen and oxygen atoms in total. The number of fused-ring (bicyclic) bond motifs is 9. The zero-order valence-electron chi connectivity index (χ0n) is 50.0. The maximum Gasteiger partial charge on any atom is 0.252 e. The van der Waals surface area contributed by atoms with Crippen molar-refractivity contribution in [2.45, 2.75) is 169 Å². The van der Waals surface area contributed by atoms with Crippen LogP contribution in [0.5, 0.6) is 0 Å². The minimum absolute atomic E-state index is 0.00408. The van der Waals surface area contributed by atoms with Crippen molar-refractivity contribution < 1.29 is 4.42 Å². The summed E-state index contributed by atoms with van der Waals surface area (Å²) in [6.07, 6.45) is 4.63. The number of rotatable bonds is 5. The Balaban J connectivity index is 1.17. The van der Waals surface area contributed by atoms with Gasteiger partial charge in [0.05, 0.1) is 5.69 Å². The molecule has 0 amide bonds. The Labute approximate surface area is 471 Å². The van der Waals surface area contributed by atoms with Crippen molar-refractivity contribution in [3.05, 3.63) is 190 Å². The van der Waals surface area contributed by atoms with Crippen molar-refractivity contribution >= 4 is 96.2 Å². The van der Waals surface area contributed by atoms with Gasteiger partial charge >= 0.3 is 0 Å². The molecule has 5 heteroatoms. The molecule has 3 heterocycles. The Kier molecular flexibility index (Phi) is 11.2. The normalized spacial score (nSPS) is 17.5. The van der Waals surface area contributed by atoms with E-state index in [0.29, 0.717) is 0 Å². The number of benzene rings is 8. The summed E-state index contributed by atoms with van der Waals surface area (Å²) in [7, 11) is 0. The van der Waals surface area contributed by atoms with Gasteiger partial charge in [0.25, 0.3) is 6.71 Å². The molecule has 0 fully saturated rings. The van der Waals surface area contributed by atoms with E-state index in [-0.39, 0.29) is 39.2 Å². The van der Waals surface area contributed by atoms with Crippen LogP contribution < -0.4 is 31.1 Å². The van der Waals surface area contributed by atoms with E-state index in [2.05, 4.69) is 271 Å². The summed E-state index contributed by atoms with van der Waals surface area (Å²) in [5.74, 6) is 0. The molecule has 79 heavy (non-hydrogen) atoms. The lowest BCUT2D eigenvalue weighted by molar-refractivity contribution is 0.332. The van der Waals surface area contributed by atoms with Crippen molar-refractivity contribution in [2.75, 3.05) is 14.7 Å². The minimum atomic E-state index is -0.189. The van der Waals surface area contributed by atoms with E-state index in [0.717, 1.165) is 69.6 Å². The number of hydrogen-bond acceptors (Lipinski definition) is 4. The predicted octanol–water partition coefficient (Wildman–Crippen LogP) is 19.0. The van der Waals surface area contributed by atoms with Crippen molar-refractivity contribution in [1.29, 1.82) is 0 Å². The average Bonchev–Trinajstić information content (AvgIpc) is 3.09. The van der Waals surface area contributed by atoms with Gasteiger partial charge in [0.15, 0.2) is 5.58 Å². The van der Waals surface area contributed by atoms with Gasteiger partial charge in [0.2, 0.25) is 0 Å². The lowest BCUT2D eigenvalue weighted by Crippen LogP contribution is -2.62. The fourth-order valence-corrected chi connectivity index (χ4v) is 14.3. The second-order valence-corrected chi connectivity index (χ2v) is 28.9. The molecule has 400 valence electrons. The molecular weight excluding hydrogens is 958 g/mol. The van der Waals surface area contributed by atoms with E-state index < -0.39 is 0 Å². The van der Waals surface area contributed by atoms with E-state index in [1.807, 2.05) is 0 Å². The van der Waals surface area contributed by atoms with Crippen LogP contribution in [-0.4, -0.2) is 6.71 Å². The molecule has 0 N–H and O–H groups in total. The van der Waals surface area contributed by atoms with Crippen molar-refractivity contribution in [3.63, 3.8) is 0 Å². The second kappa shape index (κ2) is 17.3. The van der Waals surface area contributed by atoms with Gasteiger partial charge in [-0.25, -0.2) is 0 Å². The van der Waals surface area contributed by atoms with Gasteiger partial charge in [0.1, 0.15) is 5.58 Å². The Morgan fingerprint density at radius 1 is 0.443 bits per heavy atom. The number of nitrogens with zero attached hydrogens (tertiary/aromatic N) is 3. The first-order chi connectivity index (χ1) is 37.2. The lowest BCUT2D eigenvalue weighted by Gasteiger charge is -2.48. The van der Waals surface area contributed by atoms with E-state index >= 15 is 0 Å². The maximum atomic E-state index is 7.32. The highest BCUT2D eigenvalue weighted by Crippen LogP contribution is 2.55. The topological polar surface area (TPSA) is 22.9 Å². The number of aryl methyl sites for hydroxylation is 2. The van der Waals surface area contributed by atoms with Gasteiger partial charge in [-0.1, -0.05) is 176 Å². The van der Waals surface area contributed by atoms with Crippen LogP contribution in [0, 0.1) is 13.8 Å². The second-order valence-electron chi connectivity index (χ2n) is 28.9. The SMILES string of the molecule is Cc1ccccc1N(c1ccc2c(c1)N(c1cccc3c1oc1cc(C(C)(C)C)ccc13)c1cc(C(C)(C)C)cc3c1B2c1cc2c(cc1N3c1ccc3c(c1)C(C)(C)CCC3(C)C)C(C)(C)CCC2(C)C)c1ccccc1C. The summed E-state index contributed by atoms with van der Waals surface area (Å²) < 4.78 is 7.32. The summed E-state index contributed by atoms with van der Waals surface area (Å²) in [5.41, 5.74) is 27.3. The number of anilines is 9. The number of furan rings is 1. The standard InChI is InChI=1S/C74H80BN3O/c1-45-22-17-19-25-59(45)76(60-26-20-18-23-46(60)2)50-30-33-57-62(42-50)78(61-27-21-24-52-51-31-28-47(69(3,4)5)40-66(51)79-68(52)61)65-39-48(70(6,7)8)38-64-67(65)75(57)58-43-55-56(74(15,16)37-36-73(55,13)14)44-63(58)77(64)49-29-32-53-54(41-49)72(11,12)35-34-71(53,9)10/h17-33,38-44H,34-37H2,1-16H3. The van der Waals surface area contributed by atoms with Gasteiger partial charge in [-0.3, -0.25) is 0 Å². The molecule has 4 aliphatic rings. The van der Waals surface area contributed by atoms with Gasteiger partial charge in [0, 0.05) is 56.3 Å². The summed E-state index contributed by atoms with van der Waals surface area (Å²) >= 11 is 0. The van der Waals surface area contributed by atoms with Crippen LogP contribution in [0.15, 0.2) is 150 Å². The molecule has 0 saturated heterocycles. The van der Waals surface area contributed by atoms with Crippen molar-refractivity contribution in [2.24, 2.45) is 0 Å². The van der Waals surface area contributed by atoms with E-state index in [1.54, 1.807) is 0 Å². The molecule has 9 aromatic rings. The van der Waals surface area contributed by atoms with Crippen LogP contribution in [0.4, 0.5) is 51.2 Å². The third kappa shape index (κ3) is 7.97. The highest BCUT2D eigenvalue weighted by atomic mass is 16.3. The van der Waals surface area contributed by atoms with Crippen LogP contribution in [0.25, 0.3) is 21.9 Å². The first kappa shape index (κ1) is 51.5. The summed E-state index contributed by atoms with van der Waals surface area (Å²) in [5, 5.41) is 2.26. The summed E-state index contributed by atoms with van der Waals surface area (Å²) in [4.78, 5) is 7.81.